The van der Waals surface area contributed by atoms with Crippen molar-refractivity contribution in [1.82, 2.24) is 19.6 Å². The van der Waals surface area contributed by atoms with Crippen LogP contribution in [-0.2, 0) is 21.3 Å². The van der Waals surface area contributed by atoms with Crippen molar-refractivity contribution >= 4 is 33.3 Å². The number of ether oxygens (including phenoxy) is 1. The van der Waals surface area contributed by atoms with Crippen molar-refractivity contribution in [2.24, 2.45) is 0 Å². The van der Waals surface area contributed by atoms with Crippen molar-refractivity contribution in [3.63, 3.8) is 0 Å². The fourth-order valence-electron chi connectivity index (χ4n) is 2.55. The van der Waals surface area contributed by atoms with Crippen molar-refractivity contribution in [3.05, 3.63) is 47.8 Å². The lowest BCUT2D eigenvalue weighted by Gasteiger charge is -2.26. The zero-order chi connectivity index (χ0) is 19.3. The summed E-state index contributed by atoms with van der Waals surface area (Å²) in [5.41, 5.74) is 1.75. The van der Waals surface area contributed by atoms with E-state index in [-0.39, 0.29) is 4.90 Å². The highest BCUT2D eigenvalue weighted by Gasteiger charge is 2.25. The molecule has 0 bridgehead atoms. The molecule has 3 rings (SSSR count). The molecule has 0 aliphatic carbocycles. The van der Waals surface area contributed by atoms with E-state index in [1.54, 1.807) is 36.5 Å². The summed E-state index contributed by atoms with van der Waals surface area (Å²) in [7, 11) is -3.48. The molecule has 1 saturated heterocycles. The number of anilines is 1. The van der Waals surface area contributed by atoms with E-state index in [2.05, 4.69) is 20.6 Å². The normalized spacial score (nSPS) is 15.3. The molecule has 0 radical (unpaired) electrons. The first-order valence-electron chi connectivity index (χ1n) is 8.46. The Kier molecular flexibility index (Phi) is 6.32. The molecule has 0 spiro atoms. The van der Waals surface area contributed by atoms with Gasteiger partial charge >= 0.3 is 0 Å². The molecular formula is C17H21N5O3S2. The Balaban J connectivity index is 1.56. The number of rotatable bonds is 5. The average molecular weight is 408 g/mol. The van der Waals surface area contributed by atoms with Crippen LogP contribution in [0.5, 0.6) is 0 Å². The molecule has 8 nitrogen and oxygen atoms in total. The largest absolute Gasteiger partial charge is 0.379 e. The summed E-state index contributed by atoms with van der Waals surface area (Å²) in [6, 6.07) is 8.57. The van der Waals surface area contributed by atoms with Crippen molar-refractivity contribution in [1.29, 1.82) is 0 Å². The van der Waals surface area contributed by atoms with Gasteiger partial charge in [0.05, 0.1) is 18.1 Å². The Morgan fingerprint density at radius 1 is 1.22 bits per heavy atom. The lowest BCUT2D eigenvalue weighted by Crippen LogP contribution is -2.40. The van der Waals surface area contributed by atoms with Crippen LogP contribution in [0.15, 0.2) is 41.4 Å². The van der Waals surface area contributed by atoms with Crippen molar-refractivity contribution in [3.8, 4) is 0 Å². The summed E-state index contributed by atoms with van der Waals surface area (Å²) in [6.07, 6.45) is 1.65. The van der Waals surface area contributed by atoms with Crippen LogP contribution in [0.25, 0.3) is 0 Å². The molecular weight excluding hydrogens is 386 g/mol. The van der Waals surface area contributed by atoms with Crippen molar-refractivity contribution in [2.75, 3.05) is 31.6 Å². The predicted molar refractivity (Wildman–Crippen MR) is 106 cm³/mol. The summed E-state index contributed by atoms with van der Waals surface area (Å²) in [5, 5.41) is 6.36. The first-order chi connectivity index (χ1) is 12.9. The molecule has 1 aliphatic rings. The highest BCUT2D eigenvalue weighted by Crippen LogP contribution is 2.17. The molecule has 0 saturated carbocycles. The Morgan fingerprint density at radius 2 is 1.93 bits per heavy atom. The minimum atomic E-state index is -3.48. The smallest absolute Gasteiger partial charge is 0.243 e. The number of thiocarbonyl (C=S) groups is 1. The minimum Gasteiger partial charge on any atom is -0.379 e. The zero-order valence-corrected chi connectivity index (χ0v) is 16.5. The van der Waals surface area contributed by atoms with E-state index in [1.165, 1.54) is 4.31 Å². The van der Waals surface area contributed by atoms with Gasteiger partial charge in [-0.2, -0.15) is 4.31 Å². The topological polar surface area (TPSA) is 96.5 Å². The zero-order valence-electron chi connectivity index (χ0n) is 14.9. The van der Waals surface area contributed by atoms with E-state index in [0.29, 0.717) is 43.9 Å². The van der Waals surface area contributed by atoms with E-state index >= 15 is 0 Å². The number of aryl methyl sites for hydroxylation is 1. The molecule has 10 heteroatoms. The maximum Gasteiger partial charge on any atom is 0.243 e. The second-order valence-corrected chi connectivity index (χ2v) is 8.34. The summed E-state index contributed by atoms with van der Waals surface area (Å²) in [4.78, 5) is 8.59. The fourth-order valence-corrected chi connectivity index (χ4v) is 4.12. The summed E-state index contributed by atoms with van der Waals surface area (Å²) in [6.45, 7) is 3.94. The second kappa shape index (κ2) is 8.70. The number of nitrogens with one attached hydrogen (secondary N) is 2. The molecule has 0 unspecified atom stereocenters. The summed E-state index contributed by atoms with van der Waals surface area (Å²) >= 11 is 5.23. The monoisotopic (exact) mass is 407 g/mol. The van der Waals surface area contributed by atoms with Crippen molar-refractivity contribution < 1.29 is 13.2 Å². The highest BCUT2D eigenvalue weighted by atomic mass is 32.2. The van der Waals surface area contributed by atoms with Gasteiger partial charge in [0, 0.05) is 31.5 Å². The van der Waals surface area contributed by atoms with Gasteiger partial charge in [0.1, 0.15) is 0 Å². The van der Waals surface area contributed by atoms with Gasteiger partial charge < -0.3 is 15.4 Å². The van der Waals surface area contributed by atoms with Crippen molar-refractivity contribution in [2.45, 2.75) is 18.4 Å². The van der Waals surface area contributed by atoms with Crippen LogP contribution in [0.4, 0.5) is 5.95 Å². The maximum absolute atomic E-state index is 12.6. The van der Waals surface area contributed by atoms with Gasteiger partial charge in [0.15, 0.2) is 5.11 Å². The first kappa shape index (κ1) is 19.6. The van der Waals surface area contributed by atoms with Crippen LogP contribution in [0.2, 0.25) is 0 Å². The third kappa shape index (κ3) is 5.19. The summed E-state index contributed by atoms with van der Waals surface area (Å²) in [5.74, 6) is 0.430. The van der Waals surface area contributed by atoms with Gasteiger partial charge in [-0.15, -0.1) is 0 Å². The van der Waals surface area contributed by atoms with Gasteiger partial charge in [-0.1, -0.05) is 12.1 Å². The van der Waals surface area contributed by atoms with Crippen LogP contribution < -0.4 is 10.6 Å². The molecule has 1 fully saturated rings. The average Bonchev–Trinajstić information content (AvgIpc) is 2.67. The van der Waals surface area contributed by atoms with Crippen LogP contribution in [-0.4, -0.2) is 54.1 Å². The van der Waals surface area contributed by atoms with E-state index < -0.39 is 10.0 Å². The number of morpholine rings is 1. The lowest BCUT2D eigenvalue weighted by molar-refractivity contribution is 0.0730. The molecule has 27 heavy (non-hydrogen) atoms. The third-order valence-electron chi connectivity index (χ3n) is 4.00. The minimum absolute atomic E-state index is 0.280. The number of aromatic nitrogens is 2. The first-order valence-corrected chi connectivity index (χ1v) is 10.3. The fraction of sp³-hybridized carbons (Fsp3) is 0.353. The molecule has 1 aliphatic heterocycles. The van der Waals surface area contributed by atoms with Gasteiger partial charge in [0.25, 0.3) is 0 Å². The summed E-state index contributed by atoms with van der Waals surface area (Å²) < 4.78 is 31.9. The van der Waals surface area contributed by atoms with E-state index in [4.69, 9.17) is 17.0 Å². The molecule has 2 N–H and O–H groups in total. The molecule has 2 aromatic rings. The molecule has 0 atom stereocenters. The molecule has 1 aromatic carbocycles. The Bertz CT molecular complexity index is 897. The molecule has 1 aromatic heterocycles. The highest BCUT2D eigenvalue weighted by molar-refractivity contribution is 7.89. The molecule has 144 valence electrons. The van der Waals surface area contributed by atoms with E-state index in [0.717, 1.165) is 11.3 Å². The van der Waals surface area contributed by atoms with E-state index in [1.807, 2.05) is 6.92 Å². The number of sulfonamides is 1. The van der Waals surface area contributed by atoms with Crippen LogP contribution in [0.1, 0.15) is 11.3 Å². The Labute approximate surface area is 164 Å². The maximum atomic E-state index is 12.6. The quantitative estimate of drug-likeness (QED) is 0.716. The lowest BCUT2D eigenvalue weighted by atomic mass is 10.2. The predicted octanol–water partition coefficient (Wildman–Crippen LogP) is 1.29. The van der Waals surface area contributed by atoms with Crippen LogP contribution in [0, 0.1) is 6.92 Å². The van der Waals surface area contributed by atoms with Crippen LogP contribution >= 0.6 is 12.2 Å². The van der Waals surface area contributed by atoms with Gasteiger partial charge in [-0.05, 0) is 42.9 Å². The number of benzene rings is 1. The van der Waals surface area contributed by atoms with Gasteiger partial charge in [0.2, 0.25) is 16.0 Å². The second-order valence-electron chi connectivity index (χ2n) is 5.99. The van der Waals surface area contributed by atoms with Gasteiger partial charge in [-0.25, -0.2) is 18.4 Å². The Morgan fingerprint density at radius 3 is 2.59 bits per heavy atom. The Hall–Kier alpha value is -2.14. The number of hydrogen-bond acceptors (Lipinski definition) is 6. The van der Waals surface area contributed by atoms with E-state index in [9.17, 15) is 8.42 Å². The molecule has 2 heterocycles. The van der Waals surface area contributed by atoms with Gasteiger partial charge in [-0.3, -0.25) is 0 Å². The standard InChI is InChI=1S/C17H21N5O3S2/c1-13-6-7-18-16(20-13)21-17(26)19-12-14-2-4-15(5-3-14)27(23,24)22-8-10-25-11-9-22/h2-7H,8-12H2,1H3,(H2,18,19,20,21,26). The molecule has 0 amide bonds. The number of nitrogens with zero attached hydrogens (tertiary/aromatic N) is 3. The van der Waals surface area contributed by atoms with Crippen LogP contribution in [0.3, 0.4) is 0 Å². The number of hydrogen-bond donors (Lipinski definition) is 2. The third-order valence-corrected chi connectivity index (χ3v) is 6.16. The SMILES string of the molecule is Cc1ccnc(NC(=S)NCc2ccc(S(=O)(=O)N3CCOCC3)cc2)n1.